The zero-order chi connectivity index (χ0) is 15.5. The van der Waals surface area contributed by atoms with Crippen LogP contribution in [0.3, 0.4) is 0 Å². The Labute approximate surface area is 128 Å². The number of aromatic nitrogens is 1. The van der Waals surface area contributed by atoms with E-state index in [0.717, 1.165) is 11.1 Å². The van der Waals surface area contributed by atoms with Gasteiger partial charge in [0.05, 0.1) is 12.0 Å². The van der Waals surface area contributed by atoms with Gasteiger partial charge in [-0.05, 0) is 17.2 Å². The van der Waals surface area contributed by atoms with Gasteiger partial charge in [-0.3, -0.25) is 14.6 Å². The van der Waals surface area contributed by atoms with Crippen LogP contribution in [0.4, 0.5) is 0 Å². The molecule has 1 N–H and O–H groups in total. The van der Waals surface area contributed by atoms with Crippen molar-refractivity contribution < 1.29 is 14.7 Å². The Morgan fingerprint density at radius 2 is 2.00 bits per heavy atom. The van der Waals surface area contributed by atoms with E-state index in [2.05, 4.69) is 4.98 Å². The van der Waals surface area contributed by atoms with E-state index in [-0.39, 0.29) is 12.3 Å². The molecule has 112 valence electrons. The molecule has 1 aliphatic heterocycles. The lowest BCUT2D eigenvalue weighted by Gasteiger charge is -2.27. The summed E-state index contributed by atoms with van der Waals surface area (Å²) in [6.45, 7) is 0.406. The molecule has 2 heterocycles. The molecule has 1 aliphatic rings. The largest absolute Gasteiger partial charge is 0.481 e. The highest BCUT2D eigenvalue weighted by Crippen LogP contribution is 2.38. The van der Waals surface area contributed by atoms with Gasteiger partial charge in [-0.1, -0.05) is 36.4 Å². The van der Waals surface area contributed by atoms with Crippen LogP contribution in [0.15, 0.2) is 54.9 Å². The second kappa shape index (κ2) is 5.97. The van der Waals surface area contributed by atoms with E-state index in [4.69, 9.17) is 0 Å². The number of carboxylic acids is 1. The van der Waals surface area contributed by atoms with Crippen molar-refractivity contribution in [1.29, 1.82) is 0 Å². The summed E-state index contributed by atoms with van der Waals surface area (Å²) in [5, 5.41) is 9.45. The molecule has 0 aliphatic carbocycles. The number of amides is 1. The van der Waals surface area contributed by atoms with Crippen LogP contribution in [0.2, 0.25) is 0 Å². The highest BCUT2D eigenvalue weighted by Gasteiger charge is 2.44. The summed E-state index contributed by atoms with van der Waals surface area (Å²) < 4.78 is 0. The normalized spacial score (nSPS) is 21.1. The van der Waals surface area contributed by atoms with Gasteiger partial charge in [-0.15, -0.1) is 0 Å². The number of benzene rings is 1. The number of aliphatic carboxylic acids is 1. The molecule has 1 aromatic carbocycles. The maximum absolute atomic E-state index is 12.3. The van der Waals surface area contributed by atoms with Crippen molar-refractivity contribution in [3.63, 3.8) is 0 Å². The van der Waals surface area contributed by atoms with Gasteiger partial charge in [-0.2, -0.15) is 0 Å². The zero-order valence-electron chi connectivity index (χ0n) is 11.9. The van der Waals surface area contributed by atoms with E-state index in [0.29, 0.717) is 6.54 Å². The Kier molecular flexibility index (Phi) is 3.87. The predicted molar refractivity (Wildman–Crippen MR) is 79.7 cm³/mol. The Morgan fingerprint density at radius 3 is 2.64 bits per heavy atom. The third-order valence-corrected chi connectivity index (χ3v) is 3.97. The van der Waals surface area contributed by atoms with Crippen LogP contribution in [0.1, 0.15) is 23.6 Å². The van der Waals surface area contributed by atoms with Crippen molar-refractivity contribution in [3.8, 4) is 0 Å². The van der Waals surface area contributed by atoms with Gasteiger partial charge in [0.25, 0.3) is 0 Å². The Morgan fingerprint density at radius 1 is 1.23 bits per heavy atom. The number of carboxylic acid groups (broad SMARTS) is 1. The second-order valence-corrected chi connectivity index (χ2v) is 5.39. The first kappa shape index (κ1) is 14.3. The van der Waals surface area contributed by atoms with Gasteiger partial charge in [0.1, 0.15) is 0 Å². The zero-order valence-corrected chi connectivity index (χ0v) is 11.9. The fraction of sp³-hybridized carbons (Fsp3) is 0.235. The maximum Gasteiger partial charge on any atom is 0.309 e. The minimum absolute atomic E-state index is 0.0295. The maximum atomic E-state index is 12.3. The van der Waals surface area contributed by atoms with Crippen molar-refractivity contribution in [2.45, 2.75) is 19.0 Å². The average molecular weight is 296 g/mol. The molecule has 1 fully saturated rings. The van der Waals surface area contributed by atoms with Crippen molar-refractivity contribution in [2.24, 2.45) is 5.92 Å². The number of rotatable bonds is 4. The fourth-order valence-electron chi connectivity index (χ4n) is 2.94. The third-order valence-electron chi connectivity index (χ3n) is 3.97. The second-order valence-electron chi connectivity index (χ2n) is 5.39. The first-order valence-electron chi connectivity index (χ1n) is 7.13. The number of nitrogens with zero attached hydrogens (tertiary/aromatic N) is 2. The lowest BCUT2D eigenvalue weighted by Crippen LogP contribution is -2.30. The van der Waals surface area contributed by atoms with Gasteiger partial charge in [0, 0.05) is 25.4 Å². The molecule has 0 unspecified atom stereocenters. The van der Waals surface area contributed by atoms with Gasteiger partial charge < -0.3 is 10.0 Å². The minimum atomic E-state index is -0.947. The van der Waals surface area contributed by atoms with E-state index in [9.17, 15) is 14.7 Å². The first-order valence-corrected chi connectivity index (χ1v) is 7.13. The van der Waals surface area contributed by atoms with Gasteiger partial charge in [0.15, 0.2) is 0 Å². The summed E-state index contributed by atoms with van der Waals surface area (Å²) in [5.41, 5.74) is 1.74. The topological polar surface area (TPSA) is 70.5 Å². The molecule has 0 radical (unpaired) electrons. The van der Waals surface area contributed by atoms with Gasteiger partial charge in [-0.25, -0.2) is 0 Å². The molecule has 22 heavy (non-hydrogen) atoms. The van der Waals surface area contributed by atoms with Crippen molar-refractivity contribution >= 4 is 11.9 Å². The molecule has 1 aromatic heterocycles. The standard InChI is InChI=1S/C17H16N2O3/c20-15-9-14(17(21)22)16(13-7-4-8-18-10-13)19(15)11-12-5-2-1-3-6-12/h1-8,10,14,16H,9,11H2,(H,21,22)/t14-,16+/m0/s1. The molecule has 1 saturated heterocycles. The lowest BCUT2D eigenvalue weighted by molar-refractivity contribution is -0.142. The molecule has 0 saturated carbocycles. The SMILES string of the molecule is O=C(O)[C@H]1CC(=O)N(Cc2ccccc2)[C@@H]1c1cccnc1. The van der Waals surface area contributed by atoms with Crippen LogP contribution in [0.5, 0.6) is 0 Å². The van der Waals surface area contributed by atoms with Crippen LogP contribution in [0.25, 0.3) is 0 Å². The van der Waals surface area contributed by atoms with Crippen LogP contribution in [-0.2, 0) is 16.1 Å². The molecule has 0 bridgehead atoms. The molecule has 2 atom stereocenters. The average Bonchev–Trinajstić information content (AvgIpc) is 2.86. The van der Waals surface area contributed by atoms with E-state index in [1.54, 1.807) is 23.4 Å². The van der Waals surface area contributed by atoms with E-state index in [1.807, 2.05) is 36.4 Å². The van der Waals surface area contributed by atoms with Crippen LogP contribution < -0.4 is 0 Å². The van der Waals surface area contributed by atoms with Crippen molar-refractivity contribution in [3.05, 3.63) is 66.0 Å². The number of carbonyl (C=O) groups excluding carboxylic acids is 1. The molecule has 5 nitrogen and oxygen atoms in total. The van der Waals surface area contributed by atoms with Gasteiger partial charge in [0.2, 0.25) is 5.91 Å². The molecule has 3 rings (SSSR count). The number of carbonyl (C=O) groups is 2. The molecular weight excluding hydrogens is 280 g/mol. The summed E-state index contributed by atoms with van der Waals surface area (Å²) >= 11 is 0. The fourth-order valence-corrected chi connectivity index (χ4v) is 2.94. The number of hydrogen-bond donors (Lipinski definition) is 1. The molecule has 1 amide bonds. The third kappa shape index (κ3) is 2.70. The van der Waals surface area contributed by atoms with Crippen molar-refractivity contribution in [1.82, 2.24) is 9.88 Å². The van der Waals surface area contributed by atoms with Gasteiger partial charge >= 0.3 is 5.97 Å². The quantitative estimate of drug-likeness (QED) is 0.939. The van der Waals surface area contributed by atoms with Crippen LogP contribution in [-0.4, -0.2) is 26.9 Å². The van der Waals surface area contributed by atoms with Crippen LogP contribution >= 0.6 is 0 Å². The van der Waals surface area contributed by atoms with Crippen molar-refractivity contribution in [2.75, 3.05) is 0 Å². The monoisotopic (exact) mass is 296 g/mol. The molecule has 5 heteroatoms. The summed E-state index contributed by atoms with van der Waals surface area (Å²) in [5.74, 6) is -1.82. The smallest absolute Gasteiger partial charge is 0.309 e. The summed E-state index contributed by atoms with van der Waals surface area (Å²) in [6.07, 6.45) is 3.30. The highest BCUT2D eigenvalue weighted by atomic mass is 16.4. The first-order chi connectivity index (χ1) is 10.7. The Balaban J connectivity index is 1.95. The molecular formula is C17H16N2O3. The van der Waals surface area contributed by atoms with E-state index >= 15 is 0 Å². The minimum Gasteiger partial charge on any atom is -0.481 e. The molecule has 0 spiro atoms. The summed E-state index contributed by atoms with van der Waals surface area (Å²) in [4.78, 5) is 29.6. The number of pyridine rings is 1. The summed E-state index contributed by atoms with van der Waals surface area (Å²) in [7, 11) is 0. The Bertz CT molecular complexity index is 673. The summed E-state index contributed by atoms with van der Waals surface area (Å²) in [6, 6.07) is 12.7. The number of likely N-dealkylation sites (tertiary alicyclic amines) is 1. The Hall–Kier alpha value is -2.69. The van der Waals surface area contributed by atoms with E-state index < -0.39 is 17.9 Å². The van der Waals surface area contributed by atoms with Crippen LogP contribution in [0, 0.1) is 5.92 Å². The predicted octanol–water partition coefficient (Wildman–Crippen LogP) is 2.26. The lowest BCUT2D eigenvalue weighted by atomic mass is 9.94. The van der Waals surface area contributed by atoms with E-state index in [1.165, 1.54) is 0 Å². The number of hydrogen-bond acceptors (Lipinski definition) is 3. The molecule has 2 aromatic rings. The highest BCUT2D eigenvalue weighted by molar-refractivity contribution is 5.87.